The molecule has 30 heavy (non-hydrogen) atoms. The normalized spacial score (nSPS) is 11.0. The highest BCUT2D eigenvalue weighted by molar-refractivity contribution is 7.22. The molecular weight excluding hydrogens is 416 g/mol. The van der Waals surface area contributed by atoms with Crippen LogP contribution < -0.4 is 5.32 Å². The summed E-state index contributed by atoms with van der Waals surface area (Å²) in [6.07, 6.45) is 1.75. The molecule has 0 aliphatic heterocycles. The Balaban J connectivity index is 1.54. The molecule has 0 unspecified atom stereocenters. The number of hydrogen-bond acceptors (Lipinski definition) is 4. The zero-order valence-electron chi connectivity index (χ0n) is 15.6. The maximum atomic E-state index is 13.2. The summed E-state index contributed by atoms with van der Waals surface area (Å²) in [7, 11) is 0. The first-order valence-corrected chi connectivity index (χ1v) is 10.4. The van der Waals surface area contributed by atoms with Gasteiger partial charge >= 0.3 is 0 Å². The summed E-state index contributed by atoms with van der Waals surface area (Å²) >= 11 is 7.44. The maximum Gasteiger partial charge on any atom is 0.261 e. The van der Waals surface area contributed by atoms with E-state index < -0.39 is 0 Å². The van der Waals surface area contributed by atoms with E-state index in [0.29, 0.717) is 21.4 Å². The van der Waals surface area contributed by atoms with Gasteiger partial charge in [-0.1, -0.05) is 71.5 Å². The molecule has 0 atom stereocenters. The van der Waals surface area contributed by atoms with E-state index in [1.807, 2.05) is 72.8 Å². The number of hydrogen-bond donors (Lipinski definition) is 1. The first-order valence-electron chi connectivity index (χ1n) is 9.25. The van der Waals surface area contributed by atoms with E-state index in [1.54, 1.807) is 16.9 Å². The number of carbonyl (C=O) groups is 1. The van der Waals surface area contributed by atoms with Gasteiger partial charge in [0.15, 0.2) is 5.13 Å². The van der Waals surface area contributed by atoms with Gasteiger partial charge in [-0.05, 0) is 30.3 Å². The van der Waals surface area contributed by atoms with Crippen molar-refractivity contribution in [1.82, 2.24) is 14.8 Å². The number of aromatic nitrogens is 3. The molecule has 1 amide bonds. The van der Waals surface area contributed by atoms with Gasteiger partial charge in [-0.2, -0.15) is 5.10 Å². The van der Waals surface area contributed by atoms with Crippen molar-refractivity contribution in [3.63, 3.8) is 0 Å². The highest BCUT2D eigenvalue weighted by atomic mass is 35.5. The zero-order chi connectivity index (χ0) is 20.5. The summed E-state index contributed by atoms with van der Waals surface area (Å²) < 4.78 is 2.64. The minimum atomic E-state index is -0.263. The Bertz CT molecular complexity index is 1350. The number of rotatable bonds is 4. The lowest BCUT2D eigenvalue weighted by atomic mass is 10.1. The molecule has 0 saturated heterocycles. The Labute approximate surface area is 181 Å². The van der Waals surface area contributed by atoms with Crippen LogP contribution in [-0.2, 0) is 0 Å². The minimum Gasteiger partial charge on any atom is -0.298 e. The summed E-state index contributed by atoms with van der Waals surface area (Å²) in [5, 5.41) is 8.76. The fourth-order valence-electron chi connectivity index (χ4n) is 3.18. The molecule has 5 aromatic rings. The number of para-hydroxylation sites is 1. The van der Waals surface area contributed by atoms with E-state index >= 15 is 0 Å². The van der Waals surface area contributed by atoms with Crippen molar-refractivity contribution in [3.8, 4) is 16.9 Å². The average molecular weight is 431 g/mol. The van der Waals surface area contributed by atoms with Crippen LogP contribution in [0.2, 0.25) is 5.02 Å². The van der Waals surface area contributed by atoms with Crippen molar-refractivity contribution < 1.29 is 4.79 Å². The SMILES string of the molecule is O=C(Nc1nc2ccc(Cl)cc2s1)c1cn(-c2ccccc2)nc1-c1ccccc1. The van der Waals surface area contributed by atoms with Crippen molar-refractivity contribution in [2.75, 3.05) is 5.32 Å². The number of thiazole rings is 1. The van der Waals surface area contributed by atoms with Crippen molar-refractivity contribution in [3.05, 3.63) is 95.6 Å². The molecule has 2 heterocycles. The lowest BCUT2D eigenvalue weighted by Crippen LogP contribution is -2.12. The predicted molar refractivity (Wildman–Crippen MR) is 122 cm³/mol. The van der Waals surface area contributed by atoms with E-state index in [0.717, 1.165) is 21.5 Å². The second-order valence-corrected chi connectivity index (χ2v) is 8.09. The van der Waals surface area contributed by atoms with Gasteiger partial charge in [0.05, 0.1) is 21.5 Å². The van der Waals surface area contributed by atoms with Crippen molar-refractivity contribution in [1.29, 1.82) is 0 Å². The number of halogens is 1. The largest absolute Gasteiger partial charge is 0.298 e. The smallest absolute Gasteiger partial charge is 0.261 e. The van der Waals surface area contributed by atoms with Gasteiger partial charge in [0.1, 0.15) is 5.69 Å². The van der Waals surface area contributed by atoms with Crippen LogP contribution in [0.5, 0.6) is 0 Å². The van der Waals surface area contributed by atoms with E-state index in [-0.39, 0.29) is 5.91 Å². The Morgan fingerprint density at radius 2 is 1.70 bits per heavy atom. The highest BCUT2D eigenvalue weighted by Crippen LogP contribution is 2.30. The number of anilines is 1. The third-order valence-electron chi connectivity index (χ3n) is 4.60. The summed E-state index contributed by atoms with van der Waals surface area (Å²) in [5.41, 5.74) is 3.63. The van der Waals surface area contributed by atoms with Gasteiger partial charge in [0.25, 0.3) is 5.91 Å². The van der Waals surface area contributed by atoms with Crippen LogP contribution in [0.4, 0.5) is 5.13 Å². The molecule has 0 spiro atoms. The van der Waals surface area contributed by atoms with Gasteiger partial charge in [-0.3, -0.25) is 10.1 Å². The Hall–Kier alpha value is -3.48. The Morgan fingerprint density at radius 1 is 0.967 bits per heavy atom. The van der Waals surface area contributed by atoms with Crippen LogP contribution in [0.25, 0.3) is 27.2 Å². The summed E-state index contributed by atoms with van der Waals surface area (Å²) in [6, 6.07) is 24.8. The second kappa shape index (κ2) is 7.74. The van der Waals surface area contributed by atoms with Crippen LogP contribution in [0.1, 0.15) is 10.4 Å². The van der Waals surface area contributed by atoms with Gasteiger partial charge in [-0.25, -0.2) is 9.67 Å². The molecule has 0 aliphatic carbocycles. The molecule has 1 N–H and O–H groups in total. The number of amides is 1. The Morgan fingerprint density at radius 3 is 2.47 bits per heavy atom. The fourth-order valence-corrected chi connectivity index (χ4v) is 4.32. The van der Waals surface area contributed by atoms with Gasteiger partial charge in [0.2, 0.25) is 0 Å². The Kier molecular flexibility index (Phi) is 4.78. The van der Waals surface area contributed by atoms with Crippen LogP contribution in [-0.4, -0.2) is 20.7 Å². The summed E-state index contributed by atoms with van der Waals surface area (Å²) in [6.45, 7) is 0. The topological polar surface area (TPSA) is 59.8 Å². The average Bonchev–Trinajstić information content (AvgIpc) is 3.39. The molecule has 0 radical (unpaired) electrons. The van der Waals surface area contributed by atoms with E-state index in [4.69, 9.17) is 11.6 Å². The number of fused-ring (bicyclic) bond motifs is 1. The van der Waals surface area contributed by atoms with Gasteiger partial charge in [0, 0.05) is 16.8 Å². The minimum absolute atomic E-state index is 0.263. The molecule has 146 valence electrons. The van der Waals surface area contributed by atoms with E-state index in [1.165, 1.54) is 11.3 Å². The summed E-state index contributed by atoms with van der Waals surface area (Å²) in [4.78, 5) is 17.7. The van der Waals surface area contributed by atoms with Gasteiger partial charge < -0.3 is 0 Å². The molecule has 3 aromatic carbocycles. The fraction of sp³-hybridized carbons (Fsp3) is 0. The molecular formula is C23H15ClN4OS. The van der Waals surface area contributed by atoms with E-state index in [2.05, 4.69) is 15.4 Å². The van der Waals surface area contributed by atoms with Gasteiger partial charge in [-0.15, -0.1) is 0 Å². The van der Waals surface area contributed by atoms with Crippen LogP contribution in [0.15, 0.2) is 85.1 Å². The molecule has 0 fully saturated rings. The first-order chi connectivity index (χ1) is 14.7. The molecule has 2 aromatic heterocycles. The molecule has 5 nitrogen and oxygen atoms in total. The van der Waals surface area contributed by atoms with Crippen molar-refractivity contribution in [2.45, 2.75) is 0 Å². The quantitative estimate of drug-likeness (QED) is 0.377. The standard InChI is InChI=1S/C23H15ClN4OS/c24-16-11-12-19-20(13-16)30-23(25-19)26-22(29)18-14-28(17-9-5-2-6-10-17)27-21(18)15-7-3-1-4-8-15/h1-14H,(H,25,26,29). The van der Waals surface area contributed by atoms with Crippen molar-refractivity contribution >= 4 is 44.2 Å². The number of nitrogens with one attached hydrogen (secondary N) is 1. The predicted octanol–water partition coefficient (Wildman–Crippen LogP) is 6.05. The maximum absolute atomic E-state index is 13.2. The zero-order valence-corrected chi connectivity index (χ0v) is 17.2. The van der Waals surface area contributed by atoms with Crippen LogP contribution in [0.3, 0.4) is 0 Å². The van der Waals surface area contributed by atoms with E-state index in [9.17, 15) is 4.79 Å². The number of carbonyl (C=O) groups excluding carboxylic acids is 1. The number of nitrogens with zero attached hydrogens (tertiary/aromatic N) is 3. The molecule has 0 aliphatic rings. The molecule has 7 heteroatoms. The van der Waals surface area contributed by atoms with Crippen LogP contribution in [0, 0.1) is 0 Å². The number of benzene rings is 3. The first kappa shape index (κ1) is 18.5. The summed E-state index contributed by atoms with van der Waals surface area (Å²) in [5.74, 6) is -0.263. The third-order valence-corrected chi connectivity index (χ3v) is 5.77. The second-order valence-electron chi connectivity index (χ2n) is 6.62. The third kappa shape index (κ3) is 3.58. The molecule has 5 rings (SSSR count). The van der Waals surface area contributed by atoms with Crippen LogP contribution >= 0.6 is 22.9 Å². The molecule has 0 saturated carbocycles. The lowest BCUT2D eigenvalue weighted by molar-refractivity contribution is 0.102. The lowest BCUT2D eigenvalue weighted by Gasteiger charge is -2.02. The van der Waals surface area contributed by atoms with Crippen molar-refractivity contribution in [2.24, 2.45) is 0 Å². The highest BCUT2D eigenvalue weighted by Gasteiger charge is 2.20. The monoisotopic (exact) mass is 430 g/mol. The molecule has 0 bridgehead atoms.